The zero-order chi connectivity index (χ0) is 14.5. The number of rotatable bonds is 5. The summed E-state index contributed by atoms with van der Waals surface area (Å²) in [7, 11) is 0. The van der Waals surface area contributed by atoms with E-state index in [1.165, 1.54) is 23.1 Å². The topological polar surface area (TPSA) is 72.7 Å². The fourth-order valence-electron chi connectivity index (χ4n) is 1.92. The van der Waals surface area contributed by atoms with E-state index >= 15 is 0 Å². The maximum absolute atomic E-state index is 13.0. The molecular formula is C13H16FN5O. The molecule has 1 atom stereocenters. The third kappa shape index (κ3) is 3.59. The zero-order valence-electron chi connectivity index (χ0n) is 11.3. The van der Waals surface area contributed by atoms with Gasteiger partial charge in [-0.25, -0.2) is 9.07 Å². The Morgan fingerprint density at radius 1 is 1.35 bits per heavy atom. The molecule has 6 nitrogen and oxygen atoms in total. The molecule has 0 bridgehead atoms. The molecule has 1 aromatic heterocycles. The van der Waals surface area contributed by atoms with Gasteiger partial charge in [0, 0.05) is 0 Å². The van der Waals surface area contributed by atoms with E-state index in [0.29, 0.717) is 0 Å². The standard InChI is InChI=1S/C13H16FN5O/c1-9(2)13(10-3-5-11(14)6-4-10)16-12(20)7-19-8-15-17-18-19/h3-6,8-9,13H,7H2,1-2H3,(H,16,20)/t13-/m0/s1. The minimum Gasteiger partial charge on any atom is -0.347 e. The second kappa shape index (κ2) is 6.23. The van der Waals surface area contributed by atoms with Crippen LogP contribution >= 0.6 is 0 Å². The first-order chi connectivity index (χ1) is 9.56. The van der Waals surface area contributed by atoms with Gasteiger partial charge in [0.25, 0.3) is 0 Å². The van der Waals surface area contributed by atoms with E-state index < -0.39 is 0 Å². The molecule has 0 radical (unpaired) electrons. The molecule has 106 valence electrons. The fraction of sp³-hybridized carbons (Fsp3) is 0.385. The third-order valence-corrected chi connectivity index (χ3v) is 2.91. The second-order valence-corrected chi connectivity index (χ2v) is 4.85. The molecule has 0 spiro atoms. The Hall–Kier alpha value is -2.31. The van der Waals surface area contributed by atoms with Gasteiger partial charge in [0.15, 0.2) is 0 Å². The lowest BCUT2D eigenvalue weighted by Gasteiger charge is -2.22. The molecule has 20 heavy (non-hydrogen) atoms. The second-order valence-electron chi connectivity index (χ2n) is 4.85. The maximum atomic E-state index is 13.0. The number of hydrogen-bond acceptors (Lipinski definition) is 4. The van der Waals surface area contributed by atoms with Crippen LogP contribution in [0, 0.1) is 11.7 Å². The van der Waals surface area contributed by atoms with Crippen LogP contribution in [0.3, 0.4) is 0 Å². The lowest BCUT2D eigenvalue weighted by atomic mass is 9.96. The maximum Gasteiger partial charge on any atom is 0.242 e. The van der Waals surface area contributed by atoms with Crippen molar-refractivity contribution in [2.45, 2.75) is 26.4 Å². The Labute approximate surface area is 116 Å². The molecule has 0 aliphatic heterocycles. The average molecular weight is 277 g/mol. The number of aromatic nitrogens is 4. The number of tetrazole rings is 1. The summed E-state index contributed by atoms with van der Waals surface area (Å²) in [5.74, 6) is -0.310. The minimum atomic E-state index is -0.295. The monoisotopic (exact) mass is 277 g/mol. The van der Waals surface area contributed by atoms with Crippen LogP contribution in [0.4, 0.5) is 4.39 Å². The van der Waals surface area contributed by atoms with Crippen molar-refractivity contribution in [3.63, 3.8) is 0 Å². The molecule has 0 aliphatic carbocycles. The molecule has 2 aromatic rings. The summed E-state index contributed by atoms with van der Waals surface area (Å²) < 4.78 is 14.3. The number of carbonyl (C=O) groups excluding carboxylic acids is 1. The first kappa shape index (κ1) is 14.1. The SMILES string of the molecule is CC(C)[C@H](NC(=O)Cn1cnnn1)c1ccc(F)cc1. The number of halogens is 1. The van der Waals surface area contributed by atoms with Gasteiger partial charge in [0.1, 0.15) is 18.7 Å². The Bertz CT molecular complexity index is 553. The van der Waals surface area contributed by atoms with E-state index in [1.807, 2.05) is 13.8 Å². The first-order valence-corrected chi connectivity index (χ1v) is 6.32. The van der Waals surface area contributed by atoms with Gasteiger partial charge in [0.2, 0.25) is 5.91 Å². The summed E-state index contributed by atoms with van der Waals surface area (Å²) in [5, 5.41) is 13.5. The van der Waals surface area contributed by atoms with Gasteiger partial charge < -0.3 is 5.32 Å². The summed E-state index contributed by atoms with van der Waals surface area (Å²) in [6, 6.07) is 5.95. The van der Waals surface area contributed by atoms with Crippen LogP contribution < -0.4 is 5.32 Å². The van der Waals surface area contributed by atoms with Gasteiger partial charge >= 0.3 is 0 Å². The molecular weight excluding hydrogens is 261 g/mol. The predicted molar refractivity (Wildman–Crippen MR) is 69.9 cm³/mol. The Kier molecular flexibility index (Phi) is 4.39. The first-order valence-electron chi connectivity index (χ1n) is 6.32. The summed E-state index contributed by atoms with van der Waals surface area (Å²) in [4.78, 5) is 12.0. The Morgan fingerprint density at radius 2 is 2.05 bits per heavy atom. The molecule has 0 saturated carbocycles. The van der Waals surface area contributed by atoms with Crippen molar-refractivity contribution < 1.29 is 9.18 Å². The number of nitrogens with one attached hydrogen (secondary N) is 1. The van der Waals surface area contributed by atoms with Crippen molar-refractivity contribution >= 4 is 5.91 Å². The summed E-state index contributed by atoms with van der Waals surface area (Å²) in [6.45, 7) is 4.04. The summed E-state index contributed by atoms with van der Waals surface area (Å²) >= 11 is 0. The van der Waals surface area contributed by atoms with Crippen LogP contribution in [0.1, 0.15) is 25.5 Å². The highest BCUT2D eigenvalue weighted by molar-refractivity contribution is 5.76. The van der Waals surface area contributed by atoms with Gasteiger partial charge in [-0.15, -0.1) is 5.10 Å². The van der Waals surface area contributed by atoms with Gasteiger partial charge in [-0.3, -0.25) is 4.79 Å². The van der Waals surface area contributed by atoms with Crippen molar-refractivity contribution in [1.29, 1.82) is 0 Å². The van der Waals surface area contributed by atoms with E-state index in [0.717, 1.165) is 5.56 Å². The zero-order valence-corrected chi connectivity index (χ0v) is 11.3. The van der Waals surface area contributed by atoms with Crippen LogP contribution in [0.15, 0.2) is 30.6 Å². The molecule has 2 rings (SSSR count). The van der Waals surface area contributed by atoms with Gasteiger partial charge in [-0.05, 0) is 34.0 Å². The lowest BCUT2D eigenvalue weighted by Crippen LogP contribution is -2.34. The average Bonchev–Trinajstić information content (AvgIpc) is 2.90. The molecule has 1 N–H and O–H groups in total. The number of amides is 1. The highest BCUT2D eigenvalue weighted by Crippen LogP contribution is 2.21. The van der Waals surface area contributed by atoms with Crippen LogP contribution in [-0.2, 0) is 11.3 Å². The molecule has 0 aliphatic rings. The molecule has 0 saturated heterocycles. The number of benzene rings is 1. The van der Waals surface area contributed by atoms with Crippen molar-refractivity contribution in [1.82, 2.24) is 25.5 Å². The van der Waals surface area contributed by atoms with Crippen LogP contribution in [0.5, 0.6) is 0 Å². The Balaban J connectivity index is 2.05. The number of hydrogen-bond donors (Lipinski definition) is 1. The van der Waals surface area contributed by atoms with Gasteiger partial charge in [-0.1, -0.05) is 26.0 Å². The summed E-state index contributed by atoms with van der Waals surface area (Å²) in [6.07, 6.45) is 1.38. The normalized spacial score (nSPS) is 12.4. The van der Waals surface area contributed by atoms with E-state index in [2.05, 4.69) is 20.8 Å². The van der Waals surface area contributed by atoms with Crippen molar-refractivity contribution in [2.75, 3.05) is 0 Å². The summed E-state index contributed by atoms with van der Waals surface area (Å²) in [5.41, 5.74) is 0.867. The van der Waals surface area contributed by atoms with Gasteiger partial charge in [0.05, 0.1) is 6.04 Å². The smallest absolute Gasteiger partial charge is 0.242 e. The lowest BCUT2D eigenvalue weighted by molar-refractivity contribution is -0.123. The van der Waals surface area contributed by atoms with E-state index in [4.69, 9.17) is 0 Å². The van der Waals surface area contributed by atoms with Crippen molar-refractivity contribution in [3.8, 4) is 0 Å². The molecule has 1 amide bonds. The highest BCUT2D eigenvalue weighted by Gasteiger charge is 2.18. The van der Waals surface area contributed by atoms with Gasteiger partial charge in [-0.2, -0.15) is 0 Å². The minimum absolute atomic E-state index is 0.0530. The molecule has 0 unspecified atom stereocenters. The molecule has 1 heterocycles. The largest absolute Gasteiger partial charge is 0.347 e. The molecule has 0 fully saturated rings. The number of nitrogens with zero attached hydrogens (tertiary/aromatic N) is 4. The molecule has 7 heteroatoms. The molecule has 1 aromatic carbocycles. The Morgan fingerprint density at radius 3 is 2.60 bits per heavy atom. The van der Waals surface area contributed by atoms with Crippen molar-refractivity contribution in [2.24, 2.45) is 5.92 Å². The number of carbonyl (C=O) groups is 1. The third-order valence-electron chi connectivity index (χ3n) is 2.91. The van der Waals surface area contributed by atoms with Crippen LogP contribution in [0.25, 0.3) is 0 Å². The van der Waals surface area contributed by atoms with E-state index in [1.54, 1.807) is 12.1 Å². The van der Waals surface area contributed by atoms with E-state index in [9.17, 15) is 9.18 Å². The highest BCUT2D eigenvalue weighted by atomic mass is 19.1. The fourth-order valence-corrected chi connectivity index (χ4v) is 1.92. The van der Waals surface area contributed by atoms with Crippen LogP contribution in [-0.4, -0.2) is 26.1 Å². The quantitative estimate of drug-likeness (QED) is 0.894. The van der Waals surface area contributed by atoms with E-state index in [-0.39, 0.29) is 30.2 Å². The van der Waals surface area contributed by atoms with Crippen LogP contribution in [0.2, 0.25) is 0 Å². The van der Waals surface area contributed by atoms with Crippen molar-refractivity contribution in [3.05, 3.63) is 42.0 Å². The predicted octanol–water partition coefficient (Wildman–Crippen LogP) is 1.33.